The van der Waals surface area contributed by atoms with Crippen LogP contribution in [0.3, 0.4) is 0 Å². The quantitative estimate of drug-likeness (QED) is 0.778. The van der Waals surface area contributed by atoms with Crippen molar-refractivity contribution in [1.29, 1.82) is 5.26 Å². The van der Waals surface area contributed by atoms with Crippen LogP contribution in [0.2, 0.25) is 0 Å². The average molecular weight is 259 g/mol. The first kappa shape index (κ1) is 15.5. The molecule has 0 spiro atoms. The van der Waals surface area contributed by atoms with Crippen LogP contribution in [0.5, 0.6) is 0 Å². The largest absolute Gasteiger partial charge is 0.371 e. The lowest BCUT2D eigenvalue weighted by atomic mass is 10.1. The minimum Gasteiger partial charge on any atom is -0.371 e. The van der Waals surface area contributed by atoms with E-state index in [4.69, 9.17) is 0 Å². The molecule has 1 aromatic rings. The van der Waals surface area contributed by atoms with Gasteiger partial charge in [0.2, 0.25) is 0 Å². The van der Waals surface area contributed by atoms with E-state index in [0.717, 1.165) is 43.9 Å². The Hall–Kier alpha value is -1.53. The van der Waals surface area contributed by atoms with Gasteiger partial charge in [0, 0.05) is 19.6 Å². The van der Waals surface area contributed by atoms with Gasteiger partial charge in [0.1, 0.15) is 6.07 Å². The fourth-order valence-electron chi connectivity index (χ4n) is 2.13. The Morgan fingerprint density at radius 2 is 2.05 bits per heavy atom. The molecule has 0 saturated carbocycles. The summed E-state index contributed by atoms with van der Waals surface area (Å²) >= 11 is 0. The highest BCUT2D eigenvalue weighted by Crippen LogP contribution is 2.22. The van der Waals surface area contributed by atoms with E-state index in [-0.39, 0.29) is 0 Å². The van der Waals surface area contributed by atoms with Crippen molar-refractivity contribution in [3.8, 4) is 6.07 Å². The van der Waals surface area contributed by atoms with Crippen molar-refractivity contribution in [3.63, 3.8) is 0 Å². The van der Waals surface area contributed by atoms with Gasteiger partial charge in [0.05, 0.1) is 11.3 Å². The molecule has 0 aliphatic heterocycles. The topological polar surface area (TPSA) is 39.1 Å². The van der Waals surface area contributed by atoms with Crippen LogP contribution in [-0.2, 0) is 6.54 Å². The molecule has 19 heavy (non-hydrogen) atoms. The van der Waals surface area contributed by atoms with Gasteiger partial charge in [-0.2, -0.15) is 5.26 Å². The number of benzene rings is 1. The maximum absolute atomic E-state index is 9.34. The first-order chi connectivity index (χ1) is 9.26. The normalized spacial score (nSPS) is 10.2. The van der Waals surface area contributed by atoms with E-state index in [0.29, 0.717) is 0 Å². The number of nitriles is 1. The number of nitrogens with zero attached hydrogens (tertiary/aromatic N) is 2. The lowest BCUT2D eigenvalue weighted by Gasteiger charge is -2.24. The van der Waals surface area contributed by atoms with Crippen molar-refractivity contribution in [2.24, 2.45) is 0 Å². The van der Waals surface area contributed by atoms with Gasteiger partial charge >= 0.3 is 0 Å². The van der Waals surface area contributed by atoms with Crippen molar-refractivity contribution in [2.75, 3.05) is 24.5 Å². The summed E-state index contributed by atoms with van der Waals surface area (Å²) in [7, 11) is 0. The zero-order valence-electron chi connectivity index (χ0n) is 12.4. The molecule has 3 heteroatoms. The number of hydrogen-bond acceptors (Lipinski definition) is 3. The molecule has 1 rings (SSSR count). The standard InChI is InChI=1S/C16H25N3/c1-4-7-10-19(6-3)16-9-8-14(13-18-5-2)11-15(16)12-17/h8-9,11,18H,4-7,10,13H2,1-3H3. The highest BCUT2D eigenvalue weighted by molar-refractivity contribution is 5.60. The molecule has 104 valence electrons. The molecule has 0 saturated heterocycles. The van der Waals surface area contributed by atoms with E-state index < -0.39 is 0 Å². The monoisotopic (exact) mass is 259 g/mol. The third kappa shape index (κ3) is 4.57. The van der Waals surface area contributed by atoms with Crippen molar-refractivity contribution in [3.05, 3.63) is 29.3 Å². The summed E-state index contributed by atoms with van der Waals surface area (Å²) in [5.74, 6) is 0. The number of rotatable bonds is 8. The van der Waals surface area contributed by atoms with E-state index in [1.165, 1.54) is 12.0 Å². The number of unbranched alkanes of at least 4 members (excludes halogenated alkanes) is 1. The molecule has 0 unspecified atom stereocenters. The zero-order chi connectivity index (χ0) is 14.1. The first-order valence-corrected chi connectivity index (χ1v) is 7.25. The molecule has 0 aromatic heterocycles. The Labute approximate surface area is 117 Å². The average Bonchev–Trinajstić information content (AvgIpc) is 2.46. The predicted octanol–water partition coefficient (Wildman–Crippen LogP) is 3.29. The van der Waals surface area contributed by atoms with Crippen LogP contribution in [0.4, 0.5) is 5.69 Å². The Kier molecular flexibility index (Phi) is 6.99. The van der Waals surface area contributed by atoms with Crippen LogP contribution in [0, 0.1) is 11.3 Å². The van der Waals surface area contributed by atoms with Crippen LogP contribution in [0.25, 0.3) is 0 Å². The molecular formula is C16H25N3. The molecule has 0 aliphatic rings. The second-order valence-corrected chi connectivity index (χ2v) is 4.68. The summed E-state index contributed by atoms with van der Waals surface area (Å²) in [5, 5.41) is 12.6. The Balaban J connectivity index is 2.90. The van der Waals surface area contributed by atoms with Crippen LogP contribution in [0.15, 0.2) is 18.2 Å². The van der Waals surface area contributed by atoms with E-state index in [1.54, 1.807) is 0 Å². The minimum absolute atomic E-state index is 0.786. The summed E-state index contributed by atoms with van der Waals surface area (Å²) in [6.45, 7) is 10.2. The van der Waals surface area contributed by atoms with Crippen molar-refractivity contribution in [2.45, 2.75) is 40.2 Å². The Morgan fingerprint density at radius 3 is 2.63 bits per heavy atom. The Bertz CT molecular complexity index is 420. The van der Waals surface area contributed by atoms with Gasteiger partial charge in [0.25, 0.3) is 0 Å². The van der Waals surface area contributed by atoms with Gasteiger partial charge in [0.15, 0.2) is 0 Å². The molecule has 1 N–H and O–H groups in total. The minimum atomic E-state index is 0.786. The van der Waals surface area contributed by atoms with Crippen LogP contribution < -0.4 is 10.2 Å². The summed E-state index contributed by atoms with van der Waals surface area (Å²) in [6, 6.07) is 8.55. The van der Waals surface area contributed by atoms with Gasteiger partial charge in [-0.3, -0.25) is 0 Å². The van der Waals surface area contributed by atoms with E-state index in [9.17, 15) is 5.26 Å². The van der Waals surface area contributed by atoms with Gasteiger partial charge in [-0.25, -0.2) is 0 Å². The predicted molar refractivity (Wildman–Crippen MR) is 81.3 cm³/mol. The van der Waals surface area contributed by atoms with Crippen LogP contribution in [0.1, 0.15) is 44.7 Å². The smallest absolute Gasteiger partial charge is 0.101 e. The molecule has 0 bridgehead atoms. The van der Waals surface area contributed by atoms with Gasteiger partial charge in [-0.05, 0) is 37.6 Å². The molecule has 0 atom stereocenters. The molecule has 0 heterocycles. The summed E-state index contributed by atoms with van der Waals surface area (Å²) in [5.41, 5.74) is 3.03. The third-order valence-electron chi connectivity index (χ3n) is 3.26. The molecule has 3 nitrogen and oxygen atoms in total. The number of nitrogens with one attached hydrogen (secondary N) is 1. The SMILES string of the molecule is CCCCN(CC)c1ccc(CNCC)cc1C#N. The molecule has 0 fully saturated rings. The molecule has 0 amide bonds. The number of hydrogen-bond donors (Lipinski definition) is 1. The lowest BCUT2D eigenvalue weighted by Crippen LogP contribution is -2.24. The Morgan fingerprint density at radius 1 is 1.26 bits per heavy atom. The van der Waals surface area contributed by atoms with Crippen LogP contribution in [-0.4, -0.2) is 19.6 Å². The second-order valence-electron chi connectivity index (χ2n) is 4.68. The maximum Gasteiger partial charge on any atom is 0.101 e. The van der Waals surface area contributed by atoms with Gasteiger partial charge in [-0.1, -0.05) is 26.3 Å². The lowest BCUT2D eigenvalue weighted by molar-refractivity contribution is 0.722. The fourth-order valence-corrected chi connectivity index (χ4v) is 2.13. The molecule has 1 aromatic carbocycles. The summed E-state index contributed by atoms with van der Waals surface area (Å²) < 4.78 is 0. The van der Waals surface area contributed by atoms with Crippen molar-refractivity contribution >= 4 is 5.69 Å². The zero-order valence-corrected chi connectivity index (χ0v) is 12.4. The van der Waals surface area contributed by atoms with E-state index >= 15 is 0 Å². The van der Waals surface area contributed by atoms with Crippen molar-refractivity contribution in [1.82, 2.24) is 5.32 Å². The van der Waals surface area contributed by atoms with Crippen LogP contribution >= 0.6 is 0 Å². The maximum atomic E-state index is 9.34. The summed E-state index contributed by atoms with van der Waals surface area (Å²) in [4.78, 5) is 2.29. The second kappa shape index (κ2) is 8.55. The van der Waals surface area contributed by atoms with Crippen molar-refractivity contribution < 1.29 is 0 Å². The first-order valence-electron chi connectivity index (χ1n) is 7.25. The molecular weight excluding hydrogens is 234 g/mol. The van der Waals surface area contributed by atoms with Gasteiger partial charge in [-0.15, -0.1) is 0 Å². The number of anilines is 1. The molecule has 0 radical (unpaired) electrons. The molecule has 0 aliphatic carbocycles. The van der Waals surface area contributed by atoms with Gasteiger partial charge < -0.3 is 10.2 Å². The third-order valence-corrected chi connectivity index (χ3v) is 3.26. The summed E-state index contributed by atoms with van der Waals surface area (Å²) in [6.07, 6.45) is 2.34. The highest BCUT2D eigenvalue weighted by Gasteiger charge is 2.10. The van der Waals surface area contributed by atoms with E-state index in [1.807, 2.05) is 6.07 Å². The highest BCUT2D eigenvalue weighted by atomic mass is 15.1. The fraction of sp³-hybridized carbons (Fsp3) is 0.562. The van der Waals surface area contributed by atoms with E-state index in [2.05, 4.69) is 49.2 Å².